The lowest BCUT2D eigenvalue weighted by Crippen LogP contribution is -2.40. The van der Waals surface area contributed by atoms with Gasteiger partial charge < -0.3 is 19.5 Å². The van der Waals surface area contributed by atoms with Gasteiger partial charge in [-0.25, -0.2) is 13.2 Å². The summed E-state index contributed by atoms with van der Waals surface area (Å²) in [5.41, 5.74) is 1.43. The smallest absolute Gasteiger partial charge is 0.338 e. The molecule has 33 heavy (non-hydrogen) atoms. The molecule has 1 N–H and O–H groups in total. The average Bonchev–Trinajstić information content (AvgIpc) is 2.83. The van der Waals surface area contributed by atoms with Gasteiger partial charge in [0.05, 0.1) is 37.4 Å². The van der Waals surface area contributed by atoms with Crippen molar-refractivity contribution in [1.29, 1.82) is 0 Å². The summed E-state index contributed by atoms with van der Waals surface area (Å²) in [6, 6.07) is 11.2. The Morgan fingerprint density at radius 2 is 1.88 bits per heavy atom. The molecule has 0 bridgehead atoms. The first-order chi connectivity index (χ1) is 15.8. The molecule has 0 unspecified atom stereocenters. The number of nitrogens with one attached hydrogen (secondary N) is 1. The maximum atomic E-state index is 13.0. The van der Waals surface area contributed by atoms with Crippen LogP contribution in [0.4, 0.5) is 5.69 Å². The topological polar surface area (TPSA) is 111 Å². The van der Waals surface area contributed by atoms with Crippen molar-refractivity contribution in [2.75, 3.05) is 45.3 Å². The summed E-state index contributed by atoms with van der Waals surface area (Å²) >= 11 is 0. The number of ether oxygens (including phenoxy) is 3. The Hall–Kier alpha value is -2.95. The van der Waals surface area contributed by atoms with Gasteiger partial charge in [-0.05, 0) is 55.3 Å². The number of carbonyl (C=O) groups excluding carboxylic acids is 2. The number of anilines is 1. The molecule has 0 atom stereocenters. The molecule has 1 saturated heterocycles. The number of hydrogen-bond acceptors (Lipinski definition) is 7. The van der Waals surface area contributed by atoms with Crippen LogP contribution < -0.4 is 10.1 Å². The Kier molecular flexibility index (Phi) is 8.43. The van der Waals surface area contributed by atoms with Crippen LogP contribution in [0.2, 0.25) is 0 Å². The van der Waals surface area contributed by atoms with E-state index in [9.17, 15) is 18.0 Å². The number of morpholine rings is 1. The van der Waals surface area contributed by atoms with Crippen LogP contribution in [-0.4, -0.2) is 64.6 Å². The molecule has 2 aromatic rings. The van der Waals surface area contributed by atoms with Crippen molar-refractivity contribution >= 4 is 27.6 Å². The largest absolute Gasteiger partial charge is 0.496 e. The van der Waals surface area contributed by atoms with E-state index in [0.717, 1.165) is 0 Å². The van der Waals surface area contributed by atoms with E-state index in [-0.39, 0.29) is 30.3 Å². The molecule has 1 heterocycles. The Balaban J connectivity index is 1.69. The molecule has 3 rings (SSSR count). The van der Waals surface area contributed by atoms with Crippen LogP contribution in [-0.2, 0) is 30.7 Å². The first kappa shape index (κ1) is 24.7. The quantitative estimate of drug-likeness (QED) is 0.554. The second-order valence-corrected chi connectivity index (χ2v) is 9.28. The van der Waals surface area contributed by atoms with E-state index in [1.165, 1.54) is 17.5 Å². The predicted molar refractivity (Wildman–Crippen MR) is 122 cm³/mol. The number of benzene rings is 2. The van der Waals surface area contributed by atoms with Crippen LogP contribution >= 0.6 is 0 Å². The molecule has 1 fully saturated rings. The fourth-order valence-electron chi connectivity index (χ4n) is 3.46. The highest BCUT2D eigenvalue weighted by Crippen LogP contribution is 2.26. The molecule has 0 aliphatic carbocycles. The van der Waals surface area contributed by atoms with Gasteiger partial charge in [-0.15, -0.1) is 0 Å². The van der Waals surface area contributed by atoms with Crippen molar-refractivity contribution in [3.63, 3.8) is 0 Å². The minimum atomic E-state index is -3.66. The Morgan fingerprint density at radius 1 is 1.12 bits per heavy atom. The summed E-state index contributed by atoms with van der Waals surface area (Å²) in [5.74, 6) is -0.232. The van der Waals surface area contributed by atoms with Gasteiger partial charge in [0.15, 0.2) is 0 Å². The second kappa shape index (κ2) is 11.3. The zero-order valence-electron chi connectivity index (χ0n) is 18.7. The van der Waals surface area contributed by atoms with Gasteiger partial charge in [0.1, 0.15) is 5.75 Å². The molecular weight excluding hydrogens is 448 g/mol. The van der Waals surface area contributed by atoms with Gasteiger partial charge in [0.2, 0.25) is 15.9 Å². The lowest BCUT2D eigenvalue weighted by molar-refractivity contribution is -0.116. The van der Waals surface area contributed by atoms with Crippen molar-refractivity contribution in [3.8, 4) is 5.75 Å². The van der Waals surface area contributed by atoms with E-state index in [0.29, 0.717) is 48.9 Å². The summed E-state index contributed by atoms with van der Waals surface area (Å²) in [7, 11) is -2.16. The molecule has 1 aliphatic heterocycles. The number of nitrogens with zero attached hydrogens (tertiary/aromatic N) is 1. The lowest BCUT2D eigenvalue weighted by Gasteiger charge is -2.26. The van der Waals surface area contributed by atoms with Gasteiger partial charge in [0.25, 0.3) is 0 Å². The van der Waals surface area contributed by atoms with Crippen LogP contribution in [0.25, 0.3) is 0 Å². The number of methoxy groups -OCH3 is 1. The van der Waals surface area contributed by atoms with Gasteiger partial charge in [0, 0.05) is 25.2 Å². The Labute approximate surface area is 193 Å². The number of hydrogen-bond donors (Lipinski definition) is 1. The third-order valence-corrected chi connectivity index (χ3v) is 7.03. The second-order valence-electron chi connectivity index (χ2n) is 7.34. The van der Waals surface area contributed by atoms with E-state index < -0.39 is 16.0 Å². The van der Waals surface area contributed by atoms with Crippen LogP contribution in [0.3, 0.4) is 0 Å². The molecule has 178 valence electrons. The third kappa shape index (κ3) is 6.31. The van der Waals surface area contributed by atoms with E-state index in [4.69, 9.17) is 14.2 Å². The van der Waals surface area contributed by atoms with Crippen molar-refractivity contribution in [2.45, 2.75) is 24.7 Å². The van der Waals surface area contributed by atoms with Crippen molar-refractivity contribution in [2.24, 2.45) is 0 Å². The zero-order valence-corrected chi connectivity index (χ0v) is 19.5. The maximum absolute atomic E-state index is 13.0. The Bertz CT molecular complexity index is 1100. The lowest BCUT2D eigenvalue weighted by atomic mass is 10.1. The van der Waals surface area contributed by atoms with Gasteiger partial charge in [-0.1, -0.05) is 6.07 Å². The molecular formula is C23H28N2O7S. The van der Waals surface area contributed by atoms with Crippen LogP contribution in [0.15, 0.2) is 47.4 Å². The molecule has 1 amide bonds. The van der Waals surface area contributed by atoms with E-state index in [1.807, 2.05) is 0 Å². The molecule has 0 spiro atoms. The highest BCUT2D eigenvalue weighted by atomic mass is 32.2. The van der Waals surface area contributed by atoms with Crippen molar-refractivity contribution < 1.29 is 32.2 Å². The first-order valence-corrected chi connectivity index (χ1v) is 12.1. The van der Waals surface area contributed by atoms with E-state index >= 15 is 0 Å². The summed E-state index contributed by atoms with van der Waals surface area (Å²) in [6.07, 6.45) is 0.375. The number of carbonyl (C=O) groups is 2. The molecule has 2 aromatic carbocycles. The third-order valence-electron chi connectivity index (χ3n) is 5.14. The summed E-state index contributed by atoms with van der Waals surface area (Å²) in [5, 5.41) is 2.76. The van der Waals surface area contributed by atoms with E-state index in [1.54, 1.807) is 43.3 Å². The number of esters is 1. The highest BCUT2D eigenvalue weighted by Gasteiger charge is 2.27. The van der Waals surface area contributed by atoms with Gasteiger partial charge in [-0.2, -0.15) is 4.31 Å². The van der Waals surface area contributed by atoms with Crippen LogP contribution in [0, 0.1) is 0 Å². The average molecular weight is 477 g/mol. The van der Waals surface area contributed by atoms with Gasteiger partial charge in [-0.3, -0.25) is 4.79 Å². The molecule has 0 aromatic heterocycles. The predicted octanol–water partition coefficient (Wildman–Crippen LogP) is 2.46. The first-order valence-electron chi connectivity index (χ1n) is 10.7. The minimum Gasteiger partial charge on any atom is -0.496 e. The minimum absolute atomic E-state index is 0.0983. The number of sulfonamides is 1. The number of rotatable bonds is 9. The normalized spacial score (nSPS) is 14.5. The maximum Gasteiger partial charge on any atom is 0.338 e. The summed E-state index contributed by atoms with van der Waals surface area (Å²) in [6.45, 7) is 3.31. The number of amides is 1. The zero-order chi connectivity index (χ0) is 23.8. The summed E-state index contributed by atoms with van der Waals surface area (Å²) in [4.78, 5) is 24.6. The SMILES string of the molecule is CCOC(=O)c1cccc(NC(=O)CCc2cc(S(=O)(=O)N3CCOCC3)ccc2OC)c1. The van der Waals surface area contributed by atoms with Crippen LogP contribution in [0.5, 0.6) is 5.75 Å². The fraction of sp³-hybridized carbons (Fsp3) is 0.391. The monoisotopic (exact) mass is 476 g/mol. The number of aryl methyl sites for hydroxylation is 1. The van der Waals surface area contributed by atoms with E-state index in [2.05, 4.69) is 5.32 Å². The van der Waals surface area contributed by atoms with Crippen molar-refractivity contribution in [3.05, 3.63) is 53.6 Å². The molecule has 0 saturated carbocycles. The molecule has 0 radical (unpaired) electrons. The fourth-order valence-corrected chi connectivity index (χ4v) is 4.92. The Morgan fingerprint density at radius 3 is 2.58 bits per heavy atom. The molecule has 9 nitrogen and oxygen atoms in total. The summed E-state index contributed by atoms with van der Waals surface area (Å²) < 4.78 is 42.9. The standard InChI is InChI=1S/C23H28N2O7S/c1-3-32-23(27)18-5-4-6-19(15-18)24-22(26)10-7-17-16-20(8-9-21(17)30-2)33(28,29)25-11-13-31-14-12-25/h4-6,8-9,15-16H,3,7,10-14H2,1-2H3,(H,24,26). The molecule has 1 aliphatic rings. The molecule has 10 heteroatoms. The van der Waals surface area contributed by atoms with Gasteiger partial charge >= 0.3 is 5.97 Å². The van der Waals surface area contributed by atoms with Crippen LogP contribution in [0.1, 0.15) is 29.3 Å². The highest BCUT2D eigenvalue weighted by molar-refractivity contribution is 7.89. The van der Waals surface area contributed by atoms with Crippen molar-refractivity contribution in [1.82, 2.24) is 4.31 Å².